The van der Waals surface area contributed by atoms with E-state index in [4.69, 9.17) is 21.1 Å². The Kier molecular flexibility index (Phi) is 4.92. The van der Waals surface area contributed by atoms with Gasteiger partial charge in [0.25, 0.3) is 0 Å². The molecule has 0 saturated carbocycles. The number of esters is 1. The van der Waals surface area contributed by atoms with Gasteiger partial charge in [0.15, 0.2) is 0 Å². The quantitative estimate of drug-likeness (QED) is 0.561. The average molecular weight is 396 g/mol. The van der Waals surface area contributed by atoms with Crippen LogP contribution in [0, 0.1) is 0 Å². The first-order valence-corrected chi connectivity index (χ1v) is 9.28. The highest BCUT2D eigenvalue weighted by Crippen LogP contribution is 2.42. The predicted octanol–water partition coefficient (Wildman–Crippen LogP) is 4.24. The summed E-state index contributed by atoms with van der Waals surface area (Å²) in [6.07, 6.45) is 1.84. The maximum absolute atomic E-state index is 13.0. The van der Waals surface area contributed by atoms with Crippen molar-refractivity contribution in [1.82, 2.24) is 0 Å². The fourth-order valence-corrected chi connectivity index (χ4v) is 3.79. The fourth-order valence-electron chi connectivity index (χ4n) is 3.61. The van der Waals surface area contributed by atoms with E-state index in [1.54, 1.807) is 35.2 Å². The Balaban J connectivity index is 1.72. The van der Waals surface area contributed by atoms with Crippen molar-refractivity contribution in [3.63, 3.8) is 0 Å². The number of carbonyl (C=O) groups is 2. The zero-order valence-corrected chi connectivity index (χ0v) is 15.8. The first-order valence-electron chi connectivity index (χ1n) is 8.91. The van der Waals surface area contributed by atoms with E-state index in [1.807, 2.05) is 24.3 Å². The second-order valence-electron chi connectivity index (χ2n) is 6.57. The van der Waals surface area contributed by atoms with Crippen LogP contribution in [0.2, 0.25) is 5.02 Å². The molecular formula is C22H18ClNO4. The molecule has 2 aliphatic rings. The van der Waals surface area contributed by atoms with Crippen molar-refractivity contribution in [2.45, 2.75) is 12.3 Å². The zero-order chi connectivity index (χ0) is 19.7. The van der Waals surface area contributed by atoms with Crippen LogP contribution in [0.1, 0.15) is 17.9 Å². The topological polar surface area (TPSA) is 55.8 Å². The molecule has 0 radical (unpaired) electrons. The molecule has 2 heterocycles. The number of halogens is 1. The smallest absolute Gasteiger partial charge is 0.336 e. The van der Waals surface area contributed by atoms with Gasteiger partial charge in [-0.2, -0.15) is 0 Å². The van der Waals surface area contributed by atoms with Crippen molar-refractivity contribution in [2.75, 3.05) is 18.1 Å². The van der Waals surface area contributed by atoms with Gasteiger partial charge in [0.1, 0.15) is 19.0 Å². The van der Waals surface area contributed by atoms with Gasteiger partial charge in [0, 0.05) is 17.4 Å². The molecular weight excluding hydrogens is 378 g/mol. The molecule has 1 atom stereocenters. The lowest BCUT2D eigenvalue weighted by Gasteiger charge is -2.32. The lowest BCUT2D eigenvalue weighted by atomic mass is 9.84. The van der Waals surface area contributed by atoms with E-state index >= 15 is 0 Å². The molecule has 5 nitrogen and oxygen atoms in total. The van der Waals surface area contributed by atoms with Gasteiger partial charge in [-0.25, -0.2) is 4.79 Å². The van der Waals surface area contributed by atoms with Crippen LogP contribution in [0.3, 0.4) is 0 Å². The third-order valence-corrected chi connectivity index (χ3v) is 5.07. The third kappa shape index (κ3) is 3.29. The number of benzene rings is 2. The highest BCUT2D eigenvalue weighted by atomic mass is 35.5. The van der Waals surface area contributed by atoms with E-state index in [9.17, 15) is 9.59 Å². The molecule has 0 N–H and O–H groups in total. The van der Waals surface area contributed by atoms with Crippen LogP contribution >= 0.6 is 11.6 Å². The van der Waals surface area contributed by atoms with Gasteiger partial charge in [-0.1, -0.05) is 42.5 Å². The summed E-state index contributed by atoms with van der Waals surface area (Å²) in [7, 11) is 0. The van der Waals surface area contributed by atoms with Crippen molar-refractivity contribution < 1.29 is 19.1 Å². The number of carbonyl (C=O) groups excluding carboxylic acids is 2. The number of nitrogens with zero attached hydrogens (tertiary/aromatic N) is 1. The summed E-state index contributed by atoms with van der Waals surface area (Å²) in [4.78, 5) is 27.0. The maximum atomic E-state index is 13.0. The predicted molar refractivity (Wildman–Crippen MR) is 106 cm³/mol. The second-order valence-corrected chi connectivity index (χ2v) is 7.01. The fraction of sp³-hybridized carbons (Fsp3) is 0.182. The van der Waals surface area contributed by atoms with E-state index in [0.29, 0.717) is 34.3 Å². The van der Waals surface area contributed by atoms with Crippen LogP contribution in [-0.2, 0) is 14.3 Å². The molecule has 1 unspecified atom stereocenters. The molecule has 4 rings (SSSR count). The van der Waals surface area contributed by atoms with Gasteiger partial charge in [-0.05, 0) is 35.9 Å². The van der Waals surface area contributed by atoms with E-state index < -0.39 is 0 Å². The lowest BCUT2D eigenvalue weighted by Crippen LogP contribution is -2.37. The zero-order valence-electron chi connectivity index (χ0n) is 15.1. The summed E-state index contributed by atoms with van der Waals surface area (Å²) < 4.78 is 10.8. The van der Waals surface area contributed by atoms with Crippen LogP contribution in [0.25, 0.3) is 0 Å². The van der Waals surface area contributed by atoms with E-state index in [-0.39, 0.29) is 30.8 Å². The molecule has 1 amide bonds. The highest BCUT2D eigenvalue weighted by molar-refractivity contribution is 6.31. The van der Waals surface area contributed by atoms with Crippen molar-refractivity contribution in [2.24, 2.45) is 0 Å². The molecule has 142 valence electrons. The Labute approximate surface area is 167 Å². The molecule has 0 spiro atoms. The standard InChI is InChI=1S/C22H18ClNO4/c1-2-10-27-17-8-6-14(7-9-17)18-12-20(25)24(16-5-3-4-15(23)11-16)19-13-28-22(26)21(18)19/h2-9,11,18H,1,10,12-13H2. The van der Waals surface area contributed by atoms with Crippen LogP contribution in [0.15, 0.2) is 72.5 Å². The molecule has 2 aliphatic heterocycles. The minimum absolute atomic E-state index is 0.0729. The Hall–Kier alpha value is -3.05. The van der Waals surface area contributed by atoms with Crippen molar-refractivity contribution >= 4 is 29.2 Å². The average Bonchev–Trinajstić information content (AvgIpc) is 3.07. The highest BCUT2D eigenvalue weighted by Gasteiger charge is 2.42. The minimum atomic E-state index is -0.383. The molecule has 0 aromatic heterocycles. The Morgan fingerprint density at radius 1 is 1.21 bits per heavy atom. The largest absolute Gasteiger partial charge is 0.490 e. The second kappa shape index (κ2) is 7.52. The van der Waals surface area contributed by atoms with Crippen LogP contribution < -0.4 is 9.64 Å². The molecule has 0 aliphatic carbocycles. The molecule has 28 heavy (non-hydrogen) atoms. The monoisotopic (exact) mass is 395 g/mol. The Bertz CT molecular complexity index is 980. The normalized spacial score (nSPS) is 18.8. The molecule has 0 saturated heterocycles. The molecule has 0 bridgehead atoms. The third-order valence-electron chi connectivity index (χ3n) is 4.83. The van der Waals surface area contributed by atoms with Gasteiger partial charge < -0.3 is 9.47 Å². The summed E-state index contributed by atoms with van der Waals surface area (Å²) in [6, 6.07) is 14.4. The van der Waals surface area contributed by atoms with Gasteiger partial charge in [0.2, 0.25) is 5.91 Å². The number of hydrogen-bond acceptors (Lipinski definition) is 4. The van der Waals surface area contributed by atoms with Gasteiger partial charge in [-0.3, -0.25) is 9.69 Å². The molecule has 2 aromatic rings. The number of anilines is 1. The number of hydrogen-bond donors (Lipinski definition) is 0. The Morgan fingerprint density at radius 3 is 2.71 bits per heavy atom. The molecule has 6 heteroatoms. The number of rotatable bonds is 5. The maximum Gasteiger partial charge on any atom is 0.336 e. The van der Waals surface area contributed by atoms with Crippen LogP contribution in [-0.4, -0.2) is 25.1 Å². The first-order chi connectivity index (χ1) is 13.6. The SMILES string of the molecule is C=CCOc1ccc(C2CC(=O)N(c3cccc(Cl)c3)C3=C2C(=O)OC3)cc1. The van der Waals surface area contributed by atoms with Crippen molar-refractivity contribution in [3.8, 4) is 5.75 Å². The van der Waals surface area contributed by atoms with Crippen LogP contribution in [0.4, 0.5) is 5.69 Å². The number of ether oxygens (including phenoxy) is 2. The van der Waals surface area contributed by atoms with E-state index in [1.165, 1.54) is 0 Å². The number of amides is 1. The van der Waals surface area contributed by atoms with Crippen molar-refractivity contribution in [1.29, 1.82) is 0 Å². The van der Waals surface area contributed by atoms with Crippen molar-refractivity contribution in [3.05, 3.63) is 83.0 Å². The lowest BCUT2D eigenvalue weighted by molar-refractivity contribution is -0.136. The van der Waals surface area contributed by atoms with Gasteiger partial charge in [-0.15, -0.1) is 0 Å². The molecule has 2 aromatic carbocycles. The Morgan fingerprint density at radius 2 is 2.00 bits per heavy atom. The molecule has 0 fully saturated rings. The van der Waals surface area contributed by atoms with E-state index in [2.05, 4.69) is 6.58 Å². The summed E-state index contributed by atoms with van der Waals surface area (Å²) in [5.41, 5.74) is 2.62. The summed E-state index contributed by atoms with van der Waals surface area (Å²) in [5, 5.41) is 0.523. The van der Waals surface area contributed by atoms with E-state index in [0.717, 1.165) is 5.56 Å². The summed E-state index contributed by atoms with van der Waals surface area (Å²) in [6.45, 7) is 4.11. The van der Waals surface area contributed by atoms with Crippen LogP contribution in [0.5, 0.6) is 5.75 Å². The summed E-state index contributed by atoms with van der Waals surface area (Å²) in [5.74, 6) is -0.126. The first kappa shape index (κ1) is 18.3. The summed E-state index contributed by atoms with van der Waals surface area (Å²) >= 11 is 6.09. The van der Waals surface area contributed by atoms with Gasteiger partial charge in [0.05, 0.1) is 17.0 Å². The van der Waals surface area contributed by atoms with Gasteiger partial charge >= 0.3 is 5.97 Å². The minimum Gasteiger partial charge on any atom is -0.490 e. The number of cyclic esters (lactones) is 1.